The molecule has 0 aliphatic heterocycles. The Morgan fingerprint density at radius 1 is 1.18 bits per heavy atom. The fourth-order valence-corrected chi connectivity index (χ4v) is 3.37. The van der Waals surface area contributed by atoms with Crippen molar-refractivity contribution in [2.75, 3.05) is 7.11 Å². The Balaban J connectivity index is 2.35. The number of methoxy groups -OCH3 is 1. The van der Waals surface area contributed by atoms with Crippen LogP contribution in [0.25, 0.3) is 0 Å². The molecule has 2 rings (SSSR count). The van der Waals surface area contributed by atoms with Gasteiger partial charge in [0, 0.05) is 4.88 Å². The van der Waals surface area contributed by atoms with Crippen molar-refractivity contribution >= 4 is 46.1 Å². The Labute approximate surface area is 119 Å². The van der Waals surface area contributed by atoms with Gasteiger partial charge in [0.25, 0.3) is 0 Å². The molecule has 1 unspecified atom stereocenters. The van der Waals surface area contributed by atoms with E-state index in [4.69, 9.17) is 39.5 Å². The van der Waals surface area contributed by atoms with E-state index in [0.29, 0.717) is 15.8 Å². The summed E-state index contributed by atoms with van der Waals surface area (Å²) in [4.78, 5) is 0.926. The van der Waals surface area contributed by atoms with Crippen LogP contribution in [0.2, 0.25) is 10.0 Å². The summed E-state index contributed by atoms with van der Waals surface area (Å²) >= 11 is 20.0. The molecule has 0 saturated heterocycles. The highest BCUT2D eigenvalue weighted by Gasteiger charge is 2.16. The molecular weight excluding hydrogens is 299 g/mol. The first-order valence-corrected chi connectivity index (χ1v) is 6.91. The quantitative estimate of drug-likeness (QED) is 0.691. The van der Waals surface area contributed by atoms with Crippen LogP contribution in [0.1, 0.15) is 15.8 Å². The van der Waals surface area contributed by atoms with E-state index in [1.807, 2.05) is 17.5 Å². The molecule has 2 aromatic rings. The lowest BCUT2D eigenvalue weighted by atomic mass is 10.1. The molecule has 1 nitrogen and oxygen atoms in total. The van der Waals surface area contributed by atoms with Crippen LogP contribution in [-0.2, 0) is 0 Å². The normalized spacial score (nSPS) is 12.5. The van der Waals surface area contributed by atoms with Gasteiger partial charge < -0.3 is 4.74 Å². The van der Waals surface area contributed by atoms with E-state index in [1.54, 1.807) is 19.2 Å². The highest BCUT2D eigenvalue weighted by atomic mass is 35.5. The zero-order valence-corrected chi connectivity index (χ0v) is 12.0. The lowest BCUT2D eigenvalue weighted by Crippen LogP contribution is -1.92. The van der Waals surface area contributed by atoms with Crippen LogP contribution in [0, 0.1) is 0 Å². The van der Waals surface area contributed by atoms with Crippen molar-refractivity contribution in [3.05, 3.63) is 50.1 Å². The van der Waals surface area contributed by atoms with Gasteiger partial charge >= 0.3 is 0 Å². The molecule has 0 aliphatic rings. The van der Waals surface area contributed by atoms with Gasteiger partial charge in [-0.15, -0.1) is 22.9 Å². The molecule has 0 spiro atoms. The third-order valence-electron chi connectivity index (χ3n) is 2.34. The average Bonchev–Trinajstić information content (AvgIpc) is 2.74. The molecule has 0 amide bonds. The van der Waals surface area contributed by atoms with Crippen LogP contribution >= 0.6 is 46.1 Å². The molecule has 1 heterocycles. The lowest BCUT2D eigenvalue weighted by Gasteiger charge is -2.11. The third kappa shape index (κ3) is 2.71. The molecule has 90 valence electrons. The SMILES string of the molecule is COc1ccc(C(Cl)c2sccc2Cl)cc1Cl. The Kier molecular flexibility index (Phi) is 4.21. The predicted octanol–water partition coefficient (Wildman–Crippen LogP) is 5.39. The van der Waals surface area contributed by atoms with Crippen LogP contribution in [-0.4, -0.2) is 7.11 Å². The largest absolute Gasteiger partial charge is 0.495 e. The summed E-state index contributed by atoms with van der Waals surface area (Å²) in [7, 11) is 1.58. The molecule has 0 saturated carbocycles. The number of alkyl halides is 1. The molecule has 0 bridgehead atoms. The van der Waals surface area contributed by atoms with Crippen molar-refractivity contribution in [1.29, 1.82) is 0 Å². The van der Waals surface area contributed by atoms with Crippen molar-refractivity contribution in [3.8, 4) is 5.75 Å². The van der Waals surface area contributed by atoms with E-state index in [9.17, 15) is 0 Å². The second kappa shape index (κ2) is 5.49. The zero-order valence-electron chi connectivity index (χ0n) is 8.91. The van der Waals surface area contributed by atoms with Gasteiger partial charge in [-0.2, -0.15) is 0 Å². The van der Waals surface area contributed by atoms with E-state index in [1.165, 1.54) is 11.3 Å². The minimum absolute atomic E-state index is 0.286. The summed E-state index contributed by atoms with van der Waals surface area (Å²) in [5.41, 5.74) is 0.904. The highest BCUT2D eigenvalue weighted by molar-refractivity contribution is 7.11. The van der Waals surface area contributed by atoms with Gasteiger partial charge in [0.15, 0.2) is 0 Å². The van der Waals surface area contributed by atoms with E-state index >= 15 is 0 Å². The summed E-state index contributed by atoms with van der Waals surface area (Å²) in [5, 5.41) is 2.86. The summed E-state index contributed by atoms with van der Waals surface area (Å²) in [6.45, 7) is 0. The second-order valence-electron chi connectivity index (χ2n) is 3.39. The molecule has 0 radical (unpaired) electrons. The summed E-state index contributed by atoms with van der Waals surface area (Å²) in [6.07, 6.45) is 0. The predicted molar refractivity (Wildman–Crippen MR) is 75.0 cm³/mol. The molecule has 0 fully saturated rings. The summed E-state index contributed by atoms with van der Waals surface area (Å²) < 4.78 is 5.10. The maximum Gasteiger partial charge on any atom is 0.137 e. The van der Waals surface area contributed by atoms with Gasteiger partial charge in [0.2, 0.25) is 0 Å². The van der Waals surface area contributed by atoms with Gasteiger partial charge in [-0.3, -0.25) is 0 Å². The Morgan fingerprint density at radius 3 is 2.47 bits per heavy atom. The van der Waals surface area contributed by atoms with Crippen molar-refractivity contribution in [2.24, 2.45) is 0 Å². The highest BCUT2D eigenvalue weighted by Crippen LogP contribution is 2.39. The first kappa shape index (κ1) is 13.0. The van der Waals surface area contributed by atoms with E-state index in [2.05, 4.69) is 0 Å². The molecule has 5 heteroatoms. The van der Waals surface area contributed by atoms with Gasteiger partial charge in [-0.1, -0.05) is 29.3 Å². The maximum absolute atomic E-state index is 6.37. The average molecular weight is 308 g/mol. The lowest BCUT2D eigenvalue weighted by molar-refractivity contribution is 0.415. The van der Waals surface area contributed by atoms with Gasteiger partial charge in [-0.05, 0) is 29.1 Å². The fourth-order valence-electron chi connectivity index (χ4n) is 1.48. The van der Waals surface area contributed by atoms with Crippen LogP contribution in [0.4, 0.5) is 0 Å². The van der Waals surface area contributed by atoms with Crippen molar-refractivity contribution in [1.82, 2.24) is 0 Å². The molecular formula is C12H9Cl3OS. The van der Waals surface area contributed by atoms with Crippen LogP contribution in [0.15, 0.2) is 29.6 Å². The number of thiophene rings is 1. The Morgan fingerprint density at radius 2 is 1.94 bits per heavy atom. The number of benzene rings is 1. The van der Waals surface area contributed by atoms with Gasteiger partial charge in [-0.25, -0.2) is 0 Å². The van der Waals surface area contributed by atoms with Crippen molar-refractivity contribution < 1.29 is 4.74 Å². The topological polar surface area (TPSA) is 9.23 Å². The molecule has 1 aromatic carbocycles. The van der Waals surface area contributed by atoms with Crippen LogP contribution in [0.5, 0.6) is 5.75 Å². The van der Waals surface area contributed by atoms with Crippen molar-refractivity contribution in [2.45, 2.75) is 5.38 Å². The molecule has 0 aliphatic carbocycles. The third-order valence-corrected chi connectivity index (χ3v) is 4.66. The number of ether oxygens (including phenoxy) is 1. The van der Waals surface area contributed by atoms with E-state index < -0.39 is 0 Å². The van der Waals surface area contributed by atoms with Crippen molar-refractivity contribution in [3.63, 3.8) is 0 Å². The zero-order chi connectivity index (χ0) is 12.4. The van der Waals surface area contributed by atoms with Crippen LogP contribution < -0.4 is 4.74 Å². The van der Waals surface area contributed by atoms with Gasteiger partial charge in [0.1, 0.15) is 5.75 Å². The fraction of sp³-hybridized carbons (Fsp3) is 0.167. The minimum Gasteiger partial charge on any atom is -0.495 e. The number of hydrogen-bond acceptors (Lipinski definition) is 2. The smallest absolute Gasteiger partial charge is 0.137 e. The first-order chi connectivity index (χ1) is 8.13. The summed E-state index contributed by atoms with van der Waals surface area (Å²) in [5.74, 6) is 0.636. The number of hydrogen-bond donors (Lipinski definition) is 0. The molecule has 1 atom stereocenters. The standard InChI is InChI=1S/C12H9Cl3OS/c1-16-10-3-2-7(6-9(10)14)11(15)12-8(13)4-5-17-12/h2-6,11H,1H3. The van der Waals surface area contributed by atoms with E-state index in [-0.39, 0.29) is 5.38 Å². The van der Waals surface area contributed by atoms with Crippen LogP contribution in [0.3, 0.4) is 0 Å². The van der Waals surface area contributed by atoms with Gasteiger partial charge in [0.05, 0.1) is 22.5 Å². The molecule has 0 N–H and O–H groups in total. The molecule has 17 heavy (non-hydrogen) atoms. The minimum atomic E-state index is -0.286. The second-order valence-corrected chi connectivity index (χ2v) is 5.59. The Hall–Kier alpha value is -0.410. The van der Waals surface area contributed by atoms with E-state index in [0.717, 1.165) is 10.4 Å². The Bertz CT molecular complexity index is 524. The maximum atomic E-state index is 6.37. The summed E-state index contributed by atoms with van der Waals surface area (Å²) in [6, 6.07) is 7.32. The number of halogens is 3. The number of rotatable bonds is 3. The monoisotopic (exact) mass is 306 g/mol. The first-order valence-electron chi connectivity index (χ1n) is 4.84. The molecule has 1 aromatic heterocycles.